The van der Waals surface area contributed by atoms with Gasteiger partial charge in [-0.1, -0.05) is 25.3 Å². The zero-order valence-corrected chi connectivity index (χ0v) is 20.4. The molecule has 1 aromatic carbocycles. The summed E-state index contributed by atoms with van der Waals surface area (Å²) >= 11 is 0. The number of aromatic carboxylic acids is 1. The summed E-state index contributed by atoms with van der Waals surface area (Å²) in [6.45, 7) is 0. The van der Waals surface area contributed by atoms with Crippen LogP contribution < -0.4 is 0 Å². The topological polar surface area (TPSA) is 144 Å². The van der Waals surface area contributed by atoms with Crippen LogP contribution in [0.3, 0.4) is 0 Å². The second-order valence-electron chi connectivity index (χ2n) is 7.31. The molecule has 0 saturated heterocycles. The largest absolute Gasteiger partial charge is 0.478 e. The summed E-state index contributed by atoms with van der Waals surface area (Å²) in [5.74, 6) is -6.12. The molecule has 1 aromatic rings. The van der Waals surface area contributed by atoms with Crippen LogP contribution in [0, 0.1) is 0 Å². The van der Waals surface area contributed by atoms with E-state index in [1.54, 1.807) is 15.7 Å². The van der Waals surface area contributed by atoms with Gasteiger partial charge in [0.1, 0.15) is 43.4 Å². The fraction of sp³-hybridized carbons (Fsp3) is 0.389. The lowest BCUT2D eigenvalue weighted by Crippen LogP contribution is -2.39. The minimum absolute atomic E-state index is 0.219. The minimum Gasteiger partial charge on any atom is -0.478 e. The summed E-state index contributed by atoms with van der Waals surface area (Å²) in [7, 11) is 2.05. The molecule has 2 N–H and O–H groups in total. The van der Waals surface area contributed by atoms with E-state index in [1.165, 1.54) is 0 Å². The van der Waals surface area contributed by atoms with E-state index in [0.717, 1.165) is 11.1 Å². The summed E-state index contributed by atoms with van der Waals surface area (Å²) in [6.07, 6.45) is -6.08. The van der Waals surface area contributed by atoms with Crippen molar-refractivity contribution in [3.8, 4) is 0 Å². The van der Waals surface area contributed by atoms with Gasteiger partial charge in [0.25, 0.3) is 10.1 Å². The second-order valence-corrected chi connectivity index (χ2v) is 8.80. The van der Waals surface area contributed by atoms with Crippen LogP contribution in [0.1, 0.15) is 43.0 Å². The third kappa shape index (κ3) is 7.92. The van der Waals surface area contributed by atoms with Crippen molar-refractivity contribution >= 4 is 59.4 Å². The van der Waals surface area contributed by atoms with Gasteiger partial charge in [0.2, 0.25) is 6.10 Å². The molecule has 17 heteroatoms. The van der Waals surface area contributed by atoms with Crippen LogP contribution in [0.25, 0.3) is 0 Å². The summed E-state index contributed by atoms with van der Waals surface area (Å²) in [5.41, 5.74) is 2.06. The molecule has 9 nitrogen and oxygen atoms in total. The minimum atomic E-state index is -5.30. The Bertz CT molecular complexity index is 1120. The number of esters is 2. The Morgan fingerprint density at radius 2 is 1.37 bits per heavy atom. The van der Waals surface area contributed by atoms with Gasteiger partial charge in [0.05, 0.1) is 17.2 Å². The number of hydrogen-bond acceptors (Lipinski definition) is 7. The highest BCUT2D eigenvalue weighted by atomic mass is 32.2. The zero-order valence-electron chi connectivity index (χ0n) is 19.6. The SMILES string of the molecule is BCc1c(CB)c(CB)c(C(=O)O/C=C/C(=O)OC(CS(=O)(=O)O)C(F)(F)F)c(C(=O)O)c1CB. The van der Waals surface area contributed by atoms with Crippen molar-refractivity contribution < 1.29 is 55.1 Å². The molecule has 0 spiro atoms. The molecule has 0 bridgehead atoms. The lowest BCUT2D eigenvalue weighted by molar-refractivity contribution is -0.212. The first-order valence-electron chi connectivity index (χ1n) is 10.6. The molecule has 35 heavy (non-hydrogen) atoms. The fourth-order valence-corrected chi connectivity index (χ4v) is 4.48. The molecule has 0 amide bonds. The summed E-state index contributed by atoms with van der Waals surface area (Å²) in [5, 5.41) is 9.84. The van der Waals surface area contributed by atoms with E-state index in [2.05, 4.69) is 4.74 Å². The second kappa shape index (κ2) is 12.3. The molecule has 0 aliphatic heterocycles. The van der Waals surface area contributed by atoms with E-state index in [4.69, 9.17) is 9.29 Å². The normalized spacial score (nSPS) is 12.9. The van der Waals surface area contributed by atoms with Gasteiger partial charge < -0.3 is 14.6 Å². The molecule has 1 atom stereocenters. The maximum Gasteiger partial charge on any atom is 0.426 e. The average Bonchev–Trinajstić information content (AvgIpc) is 2.74. The predicted octanol–water partition coefficient (Wildman–Crippen LogP) is -2.05. The zero-order chi connectivity index (χ0) is 27.1. The number of alkyl halides is 3. The smallest absolute Gasteiger partial charge is 0.426 e. The standard InChI is InChI=1S/C18H23B4F3O9S/c19-3-8-9(4-20)11(6-22)15(14(16(27)28)10(8)5-21)17(29)33-2-1-13(26)34-12(18(23,24)25)7-35(30,31)32/h1-2,12H,3-7,19-22H2,(H,27,28)(H,30,31,32)/b2-1+. The highest BCUT2D eigenvalue weighted by Gasteiger charge is 2.45. The van der Waals surface area contributed by atoms with Crippen molar-refractivity contribution in [3.63, 3.8) is 0 Å². The maximum absolute atomic E-state index is 12.9. The molecule has 0 fully saturated rings. The Labute approximate surface area is 203 Å². The van der Waals surface area contributed by atoms with Crippen molar-refractivity contribution in [1.29, 1.82) is 0 Å². The van der Waals surface area contributed by atoms with E-state index >= 15 is 0 Å². The van der Waals surface area contributed by atoms with Crippen molar-refractivity contribution in [3.05, 3.63) is 45.7 Å². The van der Waals surface area contributed by atoms with Gasteiger partial charge in [-0.05, 0) is 22.3 Å². The van der Waals surface area contributed by atoms with E-state index in [9.17, 15) is 41.1 Å². The van der Waals surface area contributed by atoms with Crippen molar-refractivity contribution in [2.75, 3.05) is 5.75 Å². The Morgan fingerprint density at radius 3 is 1.74 bits per heavy atom. The van der Waals surface area contributed by atoms with Crippen molar-refractivity contribution in [1.82, 2.24) is 0 Å². The van der Waals surface area contributed by atoms with Crippen LogP contribution in [0.4, 0.5) is 13.2 Å². The van der Waals surface area contributed by atoms with Gasteiger partial charge in [-0.2, -0.15) is 21.6 Å². The van der Waals surface area contributed by atoms with Crippen LogP contribution in [-0.2, 0) is 49.7 Å². The van der Waals surface area contributed by atoms with E-state index < -0.39 is 46.1 Å². The number of carboxylic acids is 1. The van der Waals surface area contributed by atoms with Gasteiger partial charge >= 0.3 is 24.1 Å². The number of carbonyl (C=O) groups excluding carboxylic acids is 2. The molecule has 0 heterocycles. The summed E-state index contributed by atoms with van der Waals surface area (Å²) < 4.78 is 77.6. The molecule has 0 aliphatic rings. The first-order valence-corrected chi connectivity index (χ1v) is 12.3. The number of carbonyl (C=O) groups is 3. The van der Waals surface area contributed by atoms with Crippen LogP contribution in [-0.4, -0.2) is 85.4 Å². The monoisotopic (exact) mass is 516 g/mol. The Hall–Kier alpha value is -2.67. The Kier molecular flexibility index (Phi) is 10.7. The van der Waals surface area contributed by atoms with Crippen LogP contribution in [0.5, 0.6) is 0 Å². The molecule has 0 saturated carbocycles. The van der Waals surface area contributed by atoms with E-state index in [-0.39, 0.29) is 11.1 Å². The molecule has 188 valence electrons. The highest BCUT2D eigenvalue weighted by Crippen LogP contribution is 2.30. The lowest BCUT2D eigenvalue weighted by atomic mass is 9.72. The first-order chi connectivity index (χ1) is 16.1. The molecule has 1 unspecified atom stereocenters. The third-order valence-electron chi connectivity index (χ3n) is 5.14. The molecule has 0 aromatic heterocycles. The van der Waals surface area contributed by atoms with Gasteiger partial charge in [0.15, 0.2) is 0 Å². The van der Waals surface area contributed by atoms with E-state index in [1.807, 2.05) is 15.7 Å². The van der Waals surface area contributed by atoms with Gasteiger partial charge in [-0.25, -0.2) is 14.4 Å². The molecular formula is C18H23B4F3O9S. The number of ether oxygens (including phenoxy) is 2. The van der Waals surface area contributed by atoms with Crippen LogP contribution in [0.15, 0.2) is 12.3 Å². The quantitative estimate of drug-likeness (QED) is 0.112. The first kappa shape index (κ1) is 30.4. The number of benzene rings is 1. The van der Waals surface area contributed by atoms with Gasteiger partial charge in [-0.3, -0.25) is 4.55 Å². The number of carboxylic acid groups (broad SMARTS) is 1. The van der Waals surface area contributed by atoms with Gasteiger partial charge in [-0.15, -0.1) is 0 Å². The molecule has 0 aliphatic carbocycles. The Morgan fingerprint density at radius 1 is 0.914 bits per heavy atom. The van der Waals surface area contributed by atoms with E-state index in [0.29, 0.717) is 48.7 Å². The summed E-state index contributed by atoms with van der Waals surface area (Å²) in [4.78, 5) is 36.6. The third-order valence-corrected chi connectivity index (χ3v) is 5.87. The average molecular weight is 516 g/mol. The predicted molar refractivity (Wildman–Crippen MR) is 129 cm³/mol. The van der Waals surface area contributed by atoms with Crippen LogP contribution in [0.2, 0.25) is 0 Å². The molecular weight excluding hydrogens is 492 g/mol. The number of hydrogen-bond donors (Lipinski definition) is 2. The molecule has 1 rings (SSSR count). The van der Waals surface area contributed by atoms with Crippen molar-refractivity contribution in [2.45, 2.75) is 37.6 Å². The Balaban J connectivity index is 3.34. The maximum atomic E-state index is 12.9. The highest BCUT2D eigenvalue weighted by molar-refractivity contribution is 7.85. The van der Waals surface area contributed by atoms with Crippen molar-refractivity contribution in [2.24, 2.45) is 0 Å². The van der Waals surface area contributed by atoms with Gasteiger partial charge in [0, 0.05) is 0 Å². The molecule has 0 radical (unpaired) electrons. The summed E-state index contributed by atoms with van der Waals surface area (Å²) in [6, 6.07) is 0. The lowest BCUT2D eigenvalue weighted by Gasteiger charge is -2.22. The number of rotatable bonds is 11. The number of halogens is 3. The fourth-order valence-electron chi connectivity index (χ4n) is 3.84. The van der Waals surface area contributed by atoms with Crippen LogP contribution >= 0.6 is 0 Å².